The fourth-order valence-electron chi connectivity index (χ4n) is 1.13. The Balaban J connectivity index is 3.24. The predicted molar refractivity (Wildman–Crippen MR) is 47.1 cm³/mol. The summed E-state index contributed by atoms with van der Waals surface area (Å²) in [5.74, 6) is -0.475. The molecule has 0 aromatic heterocycles. The summed E-state index contributed by atoms with van der Waals surface area (Å²) in [6, 6.07) is 5.53. The summed E-state index contributed by atoms with van der Waals surface area (Å²) in [5, 5.41) is 8.67. The largest absolute Gasteiger partial charge is 0.329 e. The minimum atomic E-state index is -0.615. The molecule has 1 aromatic rings. The van der Waals surface area contributed by atoms with Crippen molar-refractivity contribution in [3.8, 4) is 6.07 Å². The van der Waals surface area contributed by atoms with Gasteiger partial charge in [0.15, 0.2) is 0 Å². The zero-order valence-electron chi connectivity index (χ0n) is 7.00. The van der Waals surface area contributed by atoms with Crippen molar-refractivity contribution >= 4 is 0 Å². The van der Waals surface area contributed by atoms with Crippen LogP contribution in [0, 0.1) is 17.1 Å². The molecule has 13 heavy (non-hydrogen) atoms. The van der Waals surface area contributed by atoms with E-state index in [2.05, 4.69) is 0 Å². The van der Waals surface area contributed by atoms with E-state index >= 15 is 0 Å². The van der Waals surface area contributed by atoms with Crippen LogP contribution in [0.25, 0.3) is 0 Å². The standard InChI is InChI=1S/C9H10FN3/c10-7-3-1-2-6(4-11)9(7)8(13)5-12/h1-3,8H,5,12-13H2. The second-order valence-electron chi connectivity index (χ2n) is 2.66. The number of nitrogens with two attached hydrogens (primary N) is 2. The molecule has 1 rings (SSSR count). The Bertz CT molecular complexity index is 343. The van der Waals surface area contributed by atoms with Crippen molar-refractivity contribution in [1.82, 2.24) is 0 Å². The highest BCUT2D eigenvalue weighted by molar-refractivity contribution is 5.40. The summed E-state index contributed by atoms with van der Waals surface area (Å²) in [6.45, 7) is 0.121. The molecule has 1 atom stereocenters. The van der Waals surface area contributed by atoms with Crippen LogP contribution in [-0.4, -0.2) is 6.54 Å². The van der Waals surface area contributed by atoms with Crippen molar-refractivity contribution in [3.63, 3.8) is 0 Å². The van der Waals surface area contributed by atoms with Gasteiger partial charge in [0.25, 0.3) is 0 Å². The van der Waals surface area contributed by atoms with Gasteiger partial charge in [-0.05, 0) is 12.1 Å². The summed E-state index contributed by atoms with van der Waals surface area (Å²) in [5.41, 5.74) is 11.3. The Morgan fingerprint density at radius 3 is 2.77 bits per heavy atom. The Morgan fingerprint density at radius 2 is 2.23 bits per heavy atom. The quantitative estimate of drug-likeness (QED) is 0.700. The number of rotatable bonds is 2. The SMILES string of the molecule is N#Cc1cccc(F)c1C(N)CN. The molecule has 0 saturated heterocycles. The number of halogens is 1. The maximum absolute atomic E-state index is 13.2. The third kappa shape index (κ3) is 1.83. The van der Waals surface area contributed by atoms with Gasteiger partial charge in [-0.25, -0.2) is 4.39 Å². The molecule has 4 heteroatoms. The van der Waals surface area contributed by atoms with Crippen LogP contribution in [0.2, 0.25) is 0 Å². The number of nitriles is 1. The normalized spacial score (nSPS) is 12.2. The maximum atomic E-state index is 13.2. The van der Waals surface area contributed by atoms with Gasteiger partial charge in [0, 0.05) is 18.2 Å². The number of hydrogen-bond acceptors (Lipinski definition) is 3. The highest BCUT2D eigenvalue weighted by atomic mass is 19.1. The highest BCUT2D eigenvalue weighted by Gasteiger charge is 2.13. The third-order valence-electron chi connectivity index (χ3n) is 1.80. The summed E-state index contributed by atoms with van der Waals surface area (Å²) in [4.78, 5) is 0. The average molecular weight is 179 g/mol. The van der Waals surface area contributed by atoms with Gasteiger partial charge >= 0.3 is 0 Å². The Labute approximate surface area is 75.8 Å². The lowest BCUT2D eigenvalue weighted by Crippen LogP contribution is -2.22. The van der Waals surface area contributed by atoms with Gasteiger partial charge in [-0.15, -0.1) is 0 Å². The lowest BCUT2D eigenvalue weighted by atomic mass is 10.0. The molecule has 1 unspecified atom stereocenters. The van der Waals surface area contributed by atoms with E-state index in [0.29, 0.717) is 0 Å². The van der Waals surface area contributed by atoms with Crippen LogP contribution in [0.15, 0.2) is 18.2 Å². The molecule has 0 aliphatic rings. The topological polar surface area (TPSA) is 75.8 Å². The van der Waals surface area contributed by atoms with E-state index in [1.165, 1.54) is 18.2 Å². The van der Waals surface area contributed by atoms with Gasteiger partial charge in [0.2, 0.25) is 0 Å². The molecule has 0 aliphatic heterocycles. The maximum Gasteiger partial charge on any atom is 0.129 e. The molecule has 0 amide bonds. The van der Waals surface area contributed by atoms with Gasteiger partial charge in [-0.1, -0.05) is 6.07 Å². The summed E-state index contributed by atoms with van der Waals surface area (Å²) < 4.78 is 13.2. The molecular formula is C9H10FN3. The third-order valence-corrected chi connectivity index (χ3v) is 1.80. The highest BCUT2D eigenvalue weighted by Crippen LogP contribution is 2.18. The molecular weight excluding hydrogens is 169 g/mol. The molecule has 0 radical (unpaired) electrons. The number of hydrogen-bond donors (Lipinski definition) is 2. The van der Waals surface area contributed by atoms with E-state index in [-0.39, 0.29) is 17.7 Å². The van der Waals surface area contributed by atoms with Crippen LogP contribution >= 0.6 is 0 Å². The second kappa shape index (κ2) is 3.99. The van der Waals surface area contributed by atoms with Crippen molar-refractivity contribution < 1.29 is 4.39 Å². The fraction of sp³-hybridized carbons (Fsp3) is 0.222. The van der Waals surface area contributed by atoms with Crippen LogP contribution < -0.4 is 11.5 Å². The minimum absolute atomic E-state index is 0.121. The zero-order valence-corrected chi connectivity index (χ0v) is 7.00. The lowest BCUT2D eigenvalue weighted by molar-refractivity contribution is 0.583. The van der Waals surface area contributed by atoms with Crippen LogP contribution in [0.5, 0.6) is 0 Å². The first-order valence-electron chi connectivity index (χ1n) is 3.85. The Morgan fingerprint density at radius 1 is 1.54 bits per heavy atom. The monoisotopic (exact) mass is 179 g/mol. The molecule has 0 saturated carbocycles. The molecule has 0 spiro atoms. The Kier molecular flexibility index (Phi) is 2.96. The van der Waals surface area contributed by atoms with E-state index < -0.39 is 11.9 Å². The first kappa shape index (κ1) is 9.65. The van der Waals surface area contributed by atoms with Crippen LogP contribution in [-0.2, 0) is 0 Å². The van der Waals surface area contributed by atoms with Gasteiger partial charge in [0.05, 0.1) is 11.6 Å². The summed E-state index contributed by atoms with van der Waals surface area (Å²) >= 11 is 0. The fourth-order valence-corrected chi connectivity index (χ4v) is 1.13. The zero-order chi connectivity index (χ0) is 9.84. The molecule has 0 heterocycles. The summed E-state index contributed by atoms with van der Waals surface area (Å²) in [7, 11) is 0. The van der Waals surface area contributed by atoms with E-state index in [0.717, 1.165) is 0 Å². The second-order valence-corrected chi connectivity index (χ2v) is 2.66. The van der Waals surface area contributed by atoms with Crippen molar-refractivity contribution in [2.24, 2.45) is 11.5 Å². The van der Waals surface area contributed by atoms with E-state index in [9.17, 15) is 4.39 Å². The predicted octanol–water partition coefficient (Wildman–Crippen LogP) is 0.656. The van der Waals surface area contributed by atoms with Crippen molar-refractivity contribution in [1.29, 1.82) is 5.26 Å². The molecule has 0 aliphatic carbocycles. The van der Waals surface area contributed by atoms with Crippen molar-refractivity contribution in [2.75, 3.05) is 6.54 Å². The van der Waals surface area contributed by atoms with E-state index in [4.69, 9.17) is 16.7 Å². The van der Waals surface area contributed by atoms with Crippen LogP contribution in [0.1, 0.15) is 17.2 Å². The van der Waals surface area contributed by atoms with Gasteiger partial charge < -0.3 is 11.5 Å². The van der Waals surface area contributed by atoms with Gasteiger partial charge in [0.1, 0.15) is 5.82 Å². The minimum Gasteiger partial charge on any atom is -0.329 e. The number of benzene rings is 1. The van der Waals surface area contributed by atoms with Gasteiger partial charge in [-0.3, -0.25) is 0 Å². The van der Waals surface area contributed by atoms with Gasteiger partial charge in [-0.2, -0.15) is 5.26 Å². The van der Waals surface area contributed by atoms with E-state index in [1.54, 1.807) is 0 Å². The van der Waals surface area contributed by atoms with Crippen LogP contribution in [0.3, 0.4) is 0 Å². The number of nitrogens with zero attached hydrogens (tertiary/aromatic N) is 1. The smallest absolute Gasteiger partial charge is 0.129 e. The Hall–Kier alpha value is -1.44. The first-order chi connectivity index (χ1) is 6.20. The van der Waals surface area contributed by atoms with E-state index in [1.807, 2.05) is 6.07 Å². The molecule has 1 aromatic carbocycles. The first-order valence-corrected chi connectivity index (χ1v) is 3.85. The molecule has 0 fully saturated rings. The molecule has 68 valence electrons. The molecule has 3 nitrogen and oxygen atoms in total. The lowest BCUT2D eigenvalue weighted by Gasteiger charge is -2.11. The van der Waals surface area contributed by atoms with Crippen molar-refractivity contribution in [3.05, 3.63) is 35.1 Å². The molecule has 0 bridgehead atoms. The average Bonchev–Trinajstić information content (AvgIpc) is 2.16. The molecule has 4 N–H and O–H groups in total. The summed E-state index contributed by atoms with van der Waals surface area (Å²) in [6.07, 6.45) is 0. The van der Waals surface area contributed by atoms with Crippen molar-refractivity contribution in [2.45, 2.75) is 6.04 Å². The van der Waals surface area contributed by atoms with Crippen LogP contribution in [0.4, 0.5) is 4.39 Å².